The lowest BCUT2D eigenvalue weighted by Crippen LogP contribution is -2.59. The van der Waals surface area contributed by atoms with Crippen LogP contribution >= 0.6 is 15.9 Å². The minimum atomic E-state index is -0.462. The van der Waals surface area contributed by atoms with Gasteiger partial charge in [0, 0.05) is 24.1 Å². The predicted molar refractivity (Wildman–Crippen MR) is 88.6 cm³/mol. The fourth-order valence-electron chi connectivity index (χ4n) is 2.83. The lowest BCUT2D eigenvalue weighted by molar-refractivity contribution is 0.0195. The van der Waals surface area contributed by atoms with Crippen LogP contribution in [0.2, 0.25) is 0 Å². The van der Waals surface area contributed by atoms with Crippen molar-refractivity contribution in [1.82, 2.24) is 4.90 Å². The molecule has 2 aliphatic rings. The van der Waals surface area contributed by atoms with Gasteiger partial charge in [-0.05, 0) is 39.0 Å². The molecule has 1 atom stereocenters. The Labute approximate surface area is 139 Å². The minimum Gasteiger partial charge on any atom is -0.489 e. The van der Waals surface area contributed by atoms with Crippen LogP contribution in [0.1, 0.15) is 20.8 Å². The third-order valence-electron chi connectivity index (χ3n) is 3.80. The highest BCUT2D eigenvalue weighted by Gasteiger charge is 2.35. The van der Waals surface area contributed by atoms with E-state index in [1.54, 1.807) is 4.90 Å². The first kappa shape index (κ1) is 15.5. The first-order valence-corrected chi connectivity index (χ1v) is 8.30. The van der Waals surface area contributed by atoms with Crippen molar-refractivity contribution in [2.24, 2.45) is 0 Å². The van der Waals surface area contributed by atoms with Gasteiger partial charge < -0.3 is 19.3 Å². The van der Waals surface area contributed by atoms with Gasteiger partial charge in [0.05, 0.1) is 11.7 Å². The molecule has 22 heavy (non-hydrogen) atoms. The maximum atomic E-state index is 12.2. The van der Waals surface area contributed by atoms with Crippen LogP contribution in [-0.4, -0.2) is 48.9 Å². The topological polar surface area (TPSA) is 42.0 Å². The summed E-state index contributed by atoms with van der Waals surface area (Å²) in [7, 11) is 0. The van der Waals surface area contributed by atoms with E-state index in [1.165, 1.54) is 0 Å². The van der Waals surface area contributed by atoms with Gasteiger partial charge in [-0.3, -0.25) is 0 Å². The summed E-state index contributed by atoms with van der Waals surface area (Å²) in [4.78, 5) is 16.3. The van der Waals surface area contributed by atoms with Crippen molar-refractivity contribution >= 4 is 27.7 Å². The van der Waals surface area contributed by atoms with Crippen molar-refractivity contribution in [2.75, 3.05) is 31.1 Å². The zero-order chi connectivity index (χ0) is 15.9. The Hall–Kier alpha value is -1.43. The second-order valence-electron chi connectivity index (χ2n) is 6.70. The van der Waals surface area contributed by atoms with Crippen LogP contribution in [0, 0.1) is 0 Å². The SMILES string of the molecule is CC(C)(C)OC(=O)N1CCN2c3ccc(Br)cc3OC[C@@H]2C1. The fraction of sp³-hybridized carbons (Fsp3) is 0.562. The number of hydrogen-bond acceptors (Lipinski definition) is 4. The Morgan fingerprint density at radius 1 is 1.36 bits per heavy atom. The lowest BCUT2D eigenvalue weighted by Gasteiger charge is -2.45. The first-order chi connectivity index (χ1) is 10.3. The summed E-state index contributed by atoms with van der Waals surface area (Å²) in [6.45, 7) is 8.34. The molecule has 0 bridgehead atoms. The van der Waals surface area contributed by atoms with E-state index < -0.39 is 5.60 Å². The van der Waals surface area contributed by atoms with Gasteiger partial charge in [-0.25, -0.2) is 4.79 Å². The molecule has 120 valence electrons. The molecule has 6 heteroatoms. The molecule has 1 fully saturated rings. The molecule has 0 spiro atoms. The minimum absolute atomic E-state index is 0.176. The molecule has 0 aromatic heterocycles. The van der Waals surface area contributed by atoms with Gasteiger partial charge in [-0.2, -0.15) is 0 Å². The summed E-state index contributed by atoms with van der Waals surface area (Å²) >= 11 is 3.47. The zero-order valence-corrected chi connectivity index (χ0v) is 14.7. The Morgan fingerprint density at radius 2 is 2.14 bits per heavy atom. The molecule has 5 nitrogen and oxygen atoms in total. The number of hydrogen-bond donors (Lipinski definition) is 0. The summed E-state index contributed by atoms with van der Waals surface area (Å²) in [6.07, 6.45) is -0.242. The third kappa shape index (κ3) is 3.16. The van der Waals surface area contributed by atoms with Crippen LogP contribution in [0.4, 0.5) is 10.5 Å². The van der Waals surface area contributed by atoms with Gasteiger partial charge in [0.1, 0.15) is 18.0 Å². The maximum Gasteiger partial charge on any atom is 0.410 e. The van der Waals surface area contributed by atoms with Crippen molar-refractivity contribution in [3.05, 3.63) is 22.7 Å². The van der Waals surface area contributed by atoms with E-state index in [4.69, 9.17) is 9.47 Å². The smallest absolute Gasteiger partial charge is 0.410 e. The van der Waals surface area contributed by atoms with Gasteiger partial charge in [0.15, 0.2) is 0 Å². The molecular weight excluding hydrogens is 348 g/mol. The second kappa shape index (κ2) is 5.65. The number of piperazine rings is 1. The van der Waals surface area contributed by atoms with Crippen molar-refractivity contribution < 1.29 is 14.3 Å². The molecule has 2 heterocycles. The highest BCUT2D eigenvalue weighted by Crippen LogP contribution is 2.37. The summed E-state index contributed by atoms with van der Waals surface area (Å²) in [5.74, 6) is 0.899. The number of rotatable bonds is 0. The highest BCUT2D eigenvalue weighted by molar-refractivity contribution is 9.10. The number of ether oxygens (including phenoxy) is 2. The molecule has 0 radical (unpaired) electrons. The Morgan fingerprint density at radius 3 is 2.86 bits per heavy atom. The molecule has 0 aliphatic carbocycles. The average molecular weight is 369 g/mol. The normalized spacial score (nSPS) is 20.8. The van der Waals surface area contributed by atoms with Crippen molar-refractivity contribution in [2.45, 2.75) is 32.4 Å². The number of halogens is 1. The predicted octanol–water partition coefficient (Wildman–Crippen LogP) is 3.27. The van der Waals surface area contributed by atoms with Gasteiger partial charge in [-0.15, -0.1) is 0 Å². The van der Waals surface area contributed by atoms with Gasteiger partial charge in [0.25, 0.3) is 0 Å². The Balaban J connectivity index is 1.71. The van der Waals surface area contributed by atoms with Gasteiger partial charge in [0.2, 0.25) is 0 Å². The number of carbonyl (C=O) groups is 1. The molecule has 1 aromatic carbocycles. The molecular formula is C16H21BrN2O3. The summed E-state index contributed by atoms with van der Waals surface area (Å²) < 4.78 is 12.3. The number of nitrogens with zero attached hydrogens (tertiary/aromatic N) is 2. The summed E-state index contributed by atoms with van der Waals surface area (Å²) in [5, 5.41) is 0. The molecule has 0 N–H and O–H groups in total. The highest BCUT2D eigenvalue weighted by atomic mass is 79.9. The lowest BCUT2D eigenvalue weighted by atomic mass is 10.1. The standard InChI is InChI=1S/C16H21BrN2O3/c1-16(2,3)22-15(20)18-6-7-19-12(9-18)10-21-14-8-11(17)4-5-13(14)19/h4-5,8,12H,6-7,9-10H2,1-3H3/t12-/m0/s1. The van der Waals surface area contributed by atoms with Crippen molar-refractivity contribution in [1.29, 1.82) is 0 Å². The van der Waals surface area contributed by atoms with Crippen LogP contribution in [0.3, 0.4) is 0 Å². The van der Waals surface area contributed by atoms with E-state index in [-0.39, 0.29) is 12.1 Å². The number of anilines is 1. The molecule has 2 aliphatic heterocycles. The zero-order valence-electron chi connectivity index (χ0n) is 13.1. The first-order valence-electron chi connectivity index (χ1n) is 7.50. The molecule has 0 saturated carbocycles. The maximum absolute atomic E-state index is 12.2. The van der Waals surface area contributed by atoms with Crippen LogP contribution in [0.5, 0.6) is 5.75 Å². The molecule has 3 rings (SSSR count). The average Bonchev–Trinajstić information content (AvgIpc) is 2.44. The Bertz CT molecular complexity index is 585. The number of amides is 1. The second-order valence-corrected chi connectivity index (χ2v) is 7.61. The van der Waals surface area contributed by atoms with E-state index in [9.17, 15) is 4.79 Å². The number of benzene rings is 1. The van der Waals surface area contributed by atoms with Crippen LogP contribution < -0.4 is 9.64 Å². The Kier molecular flexibility index (Phi) is 3.97. The fourth-order valence-corrected chi connectivity index (χ4v) is 3.17. The van der Waals surface area contributed by atoms with Crippen LogP contribution in [0.25, 0.3) is 0 Å². The summed E-state index contributed by atoms with van der Waals surface area (Å²) in [5.41, 5.74) is 0.638. The molecule has 1 amide bonds. The largest absolute Gasteiger partial charge is 0.489 e. The third-order valence-corrected chi connectivity index (χ3v) is 4.29. The van der Waals surface area contributed by atoms with Gasteiger partial charge in [-0.1, -0.05) is 15.9 Å². The van der Waals surface area contributed by atoms with Crippen molar-refractivity contribution in [3.63, 3.8) is 0 Å². The molecule has 1 saturated heterocycles. The van der Waals surface area contributed by atoms with E-state index in [1.807, 2.05) is 32.9 Å². The van der Waals surface area contributed by atoms with E-state index >= 15 is 0 Å². The summed E-state index contributed by atoms with van der Waals surface area (Å²) in [6, 6.07) is 6.25. The van der Waals surface area contributed by atoms with E-state index in [0.717, 1.165) is 22.5 Å². The van der Waals surface area contributed by atoms with Gasteiger partial charge >= 0.3 is 6.09 Å². The molecule has 0 unspecified atom stereocenters. The van der Waals surface area contributed by atoms with Crippen molar-refractivity contribution in [3.8, 4) is 5.75 Å². The van der Waals surface area contributed by atoms with E-state index in [2.05, 4.69) is 26.9 Å². The number of fused-ring (bicyclic) bond motifs is 3. The number of carbonyl (C=O) groups excluding carboxylic acids is 1. The quantitative estimate of drug-likeness (QED) is 0.704. The molecule has 1 aromatic rings. The van der Waals surface area contributed by atoms with E-state index in [0.29, 0.717) is 19.7 Å². The van der Waals surface area contributed by atoms with Crippen LogP contribution in [-0.2, 0) is 4.74 Å². The van der Waals surface area contributed by atoms with Crippen LogP contribution in [0.15, 0.2) is 22.7 Å². The monoisotopic (exact) mass is 368 g/mol.